The van der Waals surface area contributed by atoms with Crippen molar-refractivity contribution in [3.63, 3.8) is 0 Å². The van der Waals surface area contributed by atoms with Crippen molar-refractivity contribution in [3.8, 4) is 0 Å². The fourth-order valence-corrected chi connectivity index (χ4v) is 0.965. The average molecular weight is 234 g/mol. The molecule has 17 heavy (non-hydrogen) atoms. The summed E-state index contributed by atoms with van der Waals surface area (Å²) in [5.41, 5.74) is -0.529. The molecule has 5 heteroatoms. The number of rotatable bonds is 5. The molecule has 0 aliphatic carbocycles. The van der Waals surface area contributed by atoms with E-state index in [9.17, 15) is 9.90 Å². The lowest BCUT2D eigenvalue weighted by Crippen LogP contribution is -2.49. The number of hydrogen-bond donors (Lipinski definition) is 1. The fraction of sp³-hybridized carbons (Fsp3) is 0.500. The summed E-state index contributed by atoms with van der Waals surface area (Å²) >= 11 is 0. The van der Waals surface area contributed by atoms with E-state index < -0.39 is 11.2 Å². The van der Waals surface area contributed by atoms with Gasteiger partial charge in [0.25, 0.3) is 0 Å². The highest BCUT2D eigenvalue weighted by molar-refractivity contribution is 6.47. The van der Waals surface area contributed by atoms with Crippen LogP contribution in [0.2, 0.25) is 0 Å². The fourth-order valence-electron chi connectivity index (χ4n) is 0.965. The van der Waals surface area contributed by atoms with Crippen LogP contribution in [0, 0.1) is 0 Å². The first-order valence-corrected chi connectivity index (χ1v) is 5.40. The van der Waals surface area contributed by atoms with Crippen molar-refractivity contribution in [2.45, 2.75) is 38.9 Å². The van der Waals surface area contributed by atoms with Crippen molar-refractivity contribution in [2.24, 2.45) is 0 Å². The van der Waals surface area contributed by atoms with Gasteiger partial charge in [0.1, 0.15) is 0 Å². The van der Waals surface area contributed by atoms with Crippen LogP contribution in [0.25, 0.3) is 0 Å². The van der Waals surface area contributed by atoms with Crippen LogP contribution in [-0.2, 0) is 4.65 Å². The van der Waals surface area contributed by atoms with Crippen molar-refractivity contribution < 1.29 is 14.6 Å². The zero-order valence-corrected chi connectivity index (χ0v) is 10.6. The highest BCUT2D eigenvalue weighted by Crippen LogP contribution is 2.24. The minimum Gasteiger partial charge on any atom is -0.427 e. The molecule has 0 aliphatic rings. The number of aromatic nitrogens is 1. The molecular formula is C12H17BNO3. The Kier molecular flexibility index (Phi) is 4.06. The van der Waals surface area contributed by atoms with Crippen LogP contribution < -0.4 is 5.46 Å². The molecule has 0 aromatic carbocycles. The number of carbonyl (C=O) groups excluding carboxylic acids is 1. The van der Waals surface area contributed by atoms with Crippen LogP contribution in [0.3, 0.4) is 0 Å². The quantitative estimate of drug-likeness (QED) is 0.602. The zero-order valence-electron chi connectivity index (χ0n) is 10.6. The lowest BCUT2D eigenvalue weighted by atomic mass is 9.83. The zero-order chi connectivity index (χ0) is 13.1. The maximum Gasteiger partial charge on any atom is 0.332 e. The van der Waals surface area contributed by atoms with Gasteiger partial charge in [0, 0.05) is 18.0 Å². The normalized spacial score (nSPS) is 12.3. The Hall–Kier alpha value is -1.20. The molecule has 91 valence electrons. The third-order valence-corrected chi connectivity index (χ3v) is 2.88. The number of nitrogens with zero attached hydrogens (tertiary/aromatic N) is 1. The van der Waals surface area contributed by atoms with Crippen molar-refractivity contribution >= 4 is 19.2 Å². The van der Waals surface area contributed by atoms with E-state index in [0.717, 1.165) is 6.29 Å². The molecule has 4 nitrogen and oxygen atoms in total. The number of aliphatic hydroxyl groups is 1. The summed E-state index contributed by atoms with van der Waals surface area (Å²) < 4.78 is 5.55. The summed E-state index contributed by atoms with van der Waals surface area (Å²) in [6.07, 6.45) is 3.80. The molecule has 0 fully saturated rings. The Balaban J connectivity index is 2.70. The smallest absolute Gasteiger partial charge is 0.332 e. The maximum atomic E-state index is 10.6. The van der Waals surface area contributed by atoms with E-state index in [1.165, 1.54) is 13.7 Å². The topological polar surface area (TPSA) is 59.4 Å². The lowest BCUT2D eigenvalue weighted by Gasteiger charge is -2.37. The molecule has 0 saturated heterocycles. The van der Waals surface area contributed by atoms with Gasteiger partial charge in [0.05, 0.1) is 11.2 Å². The minimum absolute atomic E-state index is 0.489. The maximum absolute atomic E-state index is 10.6. The van der Waals surface area contributed by atoms with Crippen LogP contribution in [0.15, 0.2) is 18.5 Å². The lowest BCUT2D eigenvalue weighted by molar-refractivity contribution is -0.0893. The van der Waals surface area contributed by atoms with Gasteiger partial charge in [-0.05, 0) is 33.2 Å². The highest BCUT2D eigenvalue weighted by atomic mass is 16.5. The first-order chi connectivity index (χ1) is 7.76. The molecule has 0 amide bonds. The summed E-state index contributed by atoms with van der Waals surface area (Å²) in [6.45, 7) is 6.95. The molecule has 1 heterocycles. The van der Waals surface area contributed by atoms with Crippen molar-refractivity contribution in [1.82, 2.24) is 4.98 Å². The van der Waals surface area contributed by atoms with Gasteiger partial charge in [-0.2, -0.15) is 0 Å². The summed E-state index contributed by atoms with van der Waals surface area (Å²) in [5, 5.41) is 9.91. The van der Waals surface area contributed by atoms with Crippen LogP contribution >= 0.6 is 0 Å². The van der Waals surface area contributed by atoms with E-state index in [4.69, 9.17) is 4.65 Å². The molecule has 1 aromatic heterocycles. The summed E-state index contributed by atoms with van der Waals surface area (Å²) in [5.74, 6) is 0. The van der Waals surface area contributed by atoms with Crippen LogP contribution in [-0.4, -0.2) is 35.1 Å². The van der Waals surface area contributed by atoms with Gasteiger partial charge in [0.15, 0.2) is 6.29 Å². The van der Waals surface area contributed by atoms with Gasteiger partial charge in [0.2, 0.25) is 0 Å². The Morgan fingerprint density at radius 2 is 2.00 bits per heavy atom. The number of pyridine rings is 1. The minimum atomic E-state index is -0.973. The Bertz CT molecular complexity index is 399. The van der Waals surface area contributed by atoms with E-state index in [-0.39, 0.29) is 0 Å². The number of hydrogen-bond acceptors (Lipinski definition) is 4. The third kappa shape index (κ3) is 3.65. The molecule has 0 saturated carbocycles. The van der Waals surface area contributed by atoms with Crippen molar-refractivity contribution in [3.05, 3.63) is 24.0 Å². The van der Waals surface area contributed by atoms with Crippen LogP contribution in [0.4, 0.5) is 0 Å². The molecular weight excluding hydrogens is 217 g/mol. The second kappa shape index (κ2) is 4.98. The van der Waals surface area contributed by atoms with Crippen molar-refractivity contribution in [2.75, 3.05) is 0 Å². The Labute approximate surface area is 102 Å². The second-order valence-corrected chi connectivity index (χ2v) is 4.97. The SMILES string of the molecule is CC(C)(O)C(C)(C)O[B]c1cncc(C=O)c1. The number of aldehydes is 1. The van der Waals surface area contributed by atoms with Gasteiger partial charge < -0.3 is 9.76 Å². The van der Waals surface area contributed by atoms with Crippen molar-refractivity contribution in [1.29, 1.82) is 0 Å². The highest BCUT2D eigenvalue weighted by Gasteiger charge is 2.35. The molecule has 0 aliphatic heterocycles. The molecule has 1 rings (SSSR count). The monoisotopic (exact) mass is 234 g/mol. The van der Waals surface area contributed by atoms with Gasteiger partial charge in [-0.15, -0.1) is 0 Å². The number of carbonyl (C=O) groups is 1. The average Bonchev–Trinajstić information content (AvgIpc) is 2.25. The van der Waals surface area contributed by atoms with E-state index in [1.54, 1.807) is 40.0 Å². The van der Waals surface area contributed by atoms with E-state index in [0.29, 0.717) is 11.0 Å². The molecule has 0 unspecified atom stereocenters. The van der Waals surface area contributed by atoms with Gasteiger partial charge in [-0.25, -0.2) is 0 Å². The van der Waals surface area contributed by atoms with E-state index in [2.05, 4.69) is 4.98 Å². The molecule has 0 spiro atoms. The Morgan fingerprint density at radius 1 is 1.35 bits per heavy atom. The van der Waals surface area contributed by atoms with Gasteiger partial charge >= 0.3 is 7.48 Å². The largest absolute Gasteiger partial charge is 0.427 e. The van der Waals surface area contributed by atoms with Gasteiger partial charge in [-0.1, -0.05) is 6.07 Å². The van der Waals surface area contributed by atoms with E-state index >= 15 is 0 Å². The van der Waals surface area contributed by atoms with Gasteiger partial charge in [-0.3, -0.25) is 9.78 Å². The first kappa shape index (κ1) is 13.9. The molecule has 1 N–H and O–H groups in total. The second-order valence-electron chi connectivity index (χ2n) is 4.97. The van der Waals surface area contributed by atoms with Crippen LogP contribution in [0.5, 0.6) is 0 Å². The molecule has 0 atom stereocenters. The predicted molar refractivity (Wildman–Crippen MR) is 66.5 cm³/mol. The summed E-state index contributed by atoms with van der Waals surface area (Å²) in [7, 11) is 1.50. The molecule has 1 radical (unpaired) electrons. The first-order valence-electron chi connectivity index (χ1n) is 5.40. The predicted octanol–water partition coefficient (Wildman–Crippen LogP) is 0.705. The standard InChI is InChI=1S/C12H17BNO3/c1-11(2,16)12(3,4)17-13-10-5-9(8-15)6-14-7-10/h5-8,16H,1-4H3. The van der Waals surface area contributed by atoms with Crippen LogP contribution in [0.1, 0.15) is 38.1 Å². The Morgan fingerprint density at radius 3 is 2.53 bits per heavy atom. The summed E-state index contributed by atoms with van der Waals surface area (Å²) in [4.78, 5) is 14.5. The third-order valence-electron chi connectivity index (χ3n) is 2.88. The molecule has 0 bridgehead atoms. The summed E-state index contributed by atoms with van der Waals surface area (Å²) in [6, 6.07) is 1.67. The van der Waals surface area contributed by atoms with E-state index in [1.807, 2.05) is 0 Å². The molecule has 1 aromatic rings.